The van der Waals surface area contributed by atoms with E-state index in [0.717, 1.165) is 43.1 Å². The molecular weight excluding hydrogens is 363 g/mol. The topological polar surface area (TPSA) is 56.7 Å². The minimum absolute atomic E-state index is 0.194. The molecule has 0 amide bonds. The molecule has 27 heavy (non-hydrogen) atoms. The predicted molar refractivity (Wildman–Crippen MR) is 114 cm³/mol. The molecule has 0 aromatic heterocycles. The number of benzene rings is 1. The Hall–Kier alpha value is -1.63. The zero-order valence-corrected chi connectivity index (χ0v) is 18.0. The van der Waals surface area contributed by atoms with Crippen molar-refractivity contribution in [3.05, 3.63) is 29.6 Å². The summed E-state index contributed by atoms with van der Waals surface area (Å²) >= 11 is 0. The minimum atomic E-state index is -0.882. The number of halogens is 1. The normalized spacial score (nSPS) is 19.7. The highest BCUT2D eigenvalue weighted by Gasteiger charge is 2.23. The first kappa shape index (κ1) is 21.7. The summed E-state index contributed by atoms with van der Waals surface area (Å²) < 4.78 is 25.3. The lowest BCUT2D eigenvalue weighted by Crippen LogP contribution is -2.52. The molecule has 1 heterocycles. The molecule has 2 N–H and O–H groups in total. The molecule has 1 aromatic carbocycles. The quantitative estimate of drug-likeness (QED) is 0.594. The fourth-order valence-corrected chi connectivity index (χ4v) is 4.14. The van der Waals surface area contributed by atoms with E-state index in [1.165, 1.54) is 6.07 Å². The van der Waals surface area contributed by atoms with Crippen molar-refractivity contribution in [2.45, 2.75) is 51.3 Å². The van der Waals surface area contributed by atoms with Gasteiger partial charge in [-0.05, 0) is 64.3 Å². The van der Waals surface area contributed by atoms with E-state index in [9.17, 15) is 8.60 Å². The number of nitrogens with zero attached hydrogens (tertiary/aromatic N) is 2. The predicted octanol–water partition coefficient (Wildman–Crippen LogP) is 2.82. The van der Waals surface area contributed by atoms with Gasteiger partial charge in [0.15, 0.2) is 5.96 Å². The van der Waals surface area contributed by atoms with Crippen LogP contribution in [-0.2, 0) is 10.8 Å². The number of anilines is 1. The first-order chi connectivity index (χ1) is 12.7. The van der Waals surface area contributed by atoms with Crippen LogP contribution in [0.3, 0.4) is 0 Å². The van der Waals surface area contributed by atoms with Crippen molar-refractivity contribution in [2.75, 3.05) is 37.3 Å². The highest BCUT2D eigenvalue weighted by Crippen LogP contribution is 2.24. The third kappa shape index (κ3) is 6.48. The summed E-state index contributed by atoms with van der Waals surface area (Å²) in [6.07, 6.45) is 2.13. The second-order valence-electron chi connectivity index (χ2n) is 8.02. The van der Waals surface area contributed by atoms with Gasteiger partial charge in [-0.15, -0.1) is 0 Å². The molecule has 2 atom stereocenters. The van der Waals surface area contributed by atoms with Crippen molar-refractivity contribution in [1.82, 2.24) is 10.6 Å². The van der Waals surface area contributed by atoms with Gasteiger partial charge in [0.2, 0.25) is 0 Å². The fourth-order valence-electron chi connectivity index (χ4n) is 3.24. The van der Waals surface area contributed by atoms with Gasteiger partial charge in [0, 0.05) is 59.7 Å². The number of aryl methyl sites for hydroxylation is 1. The summed E-state index contributed by atoms with van der Waals surface area (Å²) in [5, 5.41) is 6.74. The Kier molecular flexibility index (Phi) is 7.65. The maximum atomic E-state index is 13.4. The molecule has 1 aliphatic rings. The van der Waals surface area contributed by atoms with Crippen LogP contribution >= 0.6 is 0 Å². The number of piperidine rings is 1. The average molecular weight is 397 g/mol. The molecule has 2 rings (SSSR count). The van der Waals surface area contributed by atoms with Crippen LogP contribution in [0.5, 0.6) is 0 Å². The average Bonchev–Trinajstić information content (AvgIpc) is 2.60. The van der Waals surface area contributed by atoms with Gasteiger partial charge in [-0.2, -0.15) is 0 Å². The second kappa shape index (κ2) is 9.53. The largest absolute Gasteiger partial charge is 0.369 e. The van der Waals surface area contributed by atoms with Gasteiger partial charge in [0.05, 0.1) is 0 Å². The zero-order valence-electron chi connectivity index (χ0n) is 17.1. The number of nitrogens with one attached hydrogen (secondary N) is 2. The van der Waals surface area contributed by atoms with Crippen molar-refractivity contribution in [3.63, 3.8) is 0 Å². The maximum absolute atomic E-state index is 13.4. The highest BCUT2D eigenvalue weighted by atomic mass is 32.2. The zero-order chi connectivity index (χ0) is 20.0. The standard InChI is InChI=1S/C20H33FN4OS/c1-15-13-16(21)8-9-18(15)25-11-6-7-17(14-25)24-19(22-5)23-10-12-27(26)20(2,3)4/h8-9,13,17H,6-7,10-12,14H2,1-5H3,(H2,22,23,24). The molecule has 1 saturated heterocycles. The molecule has 0 aliphatic carbocycles. The lowest BCUT2D eigenvalue weighted by molar-refractivity contribution is 0.468. The van der Waals surface area contributed by atoms with E-state index in [1.54, 1.807) is 13.1 Å². The van der Waals surface area contributed by atoms with Crippen molar-refractivity contribution in [1.29, 1.82) is 0 Å². The first-order valence-electron chi connectivity index (χ1n) is 9.57. The summed E-state index contributed by atoms with van der Waals surface area (Å²) in [5.74, 6) is 1.14. The van der Waals surface area contributed by atoms with Crippen LogP contribution in [-0.4, -0.2) is 53.4 Å². The lowest BCUT2D eigenvalue weighted by Gasteiger charge is -2.36. The molecule has 152 valence electrons. The molecule has 0 spiro atoms. The molecule has 0 bridgehead atoms. The van der Waals surface area contributed by atoms with Crippen LogP contribution in [0, 0.1) is 12.7 Å². The number of hydrogen-bond acceptors (Lipinski definition) is 3. The first-order valence-corrected chi connectivity index (χ1v) is 10.9. The van der Waals surface area contributed by atoms with Crippen molar-refractivity contribution in [3.8, 4) is 0 Å². The summed E-state index contributed by atoms with van der Waals surface area (Å²) in [6, 6.07) is 5.24. The molecule has 0 radical (unpaired) electrons. The molecule has 1 aliphatic heterocycles. The second-order valence-corrected chi connectivity index (χ2v) is 10.3. The molecule has 1 aromatic rings. The fraction of sp³-hybridized carbons (Fsp3) is 0.650. The van der Waals surface area contributed by atoms with E-state index in [2.05, 4.69) is 20.5 Å². The van der Waals surface area contributed by atoms with Gasteiger partial charge < -0.3 is 15.5 Å². The van der Waals surface area contributed by atoms with E-state index < -0.39 is 10.8 Å². The third-order valence-electron chi connectivity index (χ3n) is 4.75. The molecular formula is C20H33FN4OS. The van der Waals surface area contributed by atoms with Gasteiger partial charge in [0.1, 0.15) is 5.82 Å². The number of guanidine groups is 1. The van der Waals surface area contributed by atoms with Gasteiger partial charge in [-0.3, -0.25) is 9.20 Å². The summed E-state index contributed by atoms with van der Waals surface area (Å²) in [4.78, 5) is 6.60. The Bertz CT molecular complexity index is 687. The van der Waals surface area contributed by atoms with Crippen LogP contribution in [0.4, 0.5) is 10.1 Å². The van der Waals surface area contributed by atoms with E-state index in [0.29, 0.717) is 12.3 Å². The Balaban J connectivity index is 1.89. The van der Waals surface area contributed by atoms with Gasteiger partial charge >= 0.3 is 0 Å². The van der Waals surface area contributed by atoms with Crippen molar-refractivity contribution in [2.24, 2.45) is 4.99 Å². The number of aliphatic imine (C=N–C) groups is 1. The van der Waals surface area contributed by atoms with E-state index in [4.69, 9.17) is 0 Å². The monoisotopic (exact) mass is 396 g/mol. The Labute approximate surface area is 165 Å². The van der Waals surface area contributed by atoms with Gasteiger partial charge in [0.25, 0.3) is 0 Å². The molecule has 1 fully saturated rings. The summed E-state index contributed by atoms with van der Waals surface area (Å²) in [6.45, 7) is 10.4. The molecule has 5 nitrogen and oxygen atoms in total. The van der Waals surface area contributed by atoms with Crippen LogP contribution in [0.2, 0.25) is 0 Å². The minimum Gasteiger partial charge on any atom is -0.369 e. The van der Waals surface area contributed by atoms with Gasteiger partial charge in [-0.1, -0.05) is 0 Å². The highest BCUT2D eigenvalue weighted by molar-refractivity contribution is 7.86. The van der Waals surface area contributed by atoms with E-state index in [-0.39, 0.29) is 16.6 Å². The SMILES string of the molecule is CN=C(NCCS(=O)C(C)(C)C)NC1CCCN(c2ccc(F)cc2C)C1. The Morgan fingerprint density at radius 2 is 2.15 bits per heavy atom. The lowest BCUT2D eigenvalue weighted by atomic mass is 10.0. The Morgan fingerprint density at radius 1 is 1.41 bits per heavy atom. The number of rotatable bonds is 5. The van der Waals surface area contributed by atoms with Crippen LogP contribution in [0.15, 0.2) is 23.2 Å². The molecule has 0 saturated carbocycles. The van der Waals surface area contributed by atoms with Crippen molar-refractivity contribution < 1.29 is 8.60 Å². The summed E-state index contributed by atoms with van der Waals surface area (Å²) in [5.41, 5.74) is 2.05. The summed E-state index contributed by atoms with van der Waals surface area (Å²) in [7, 11) is 0.869. The third-order valence-corrected chi connectivity index (χ3v) is 6.69. The van der Waals surface area contributed by atoms with Gasteiger partial charge in [-0.25, -0.2) is 4.39 Å². The van der Waals surface area contributed by atoms with Crippen LogP contribution in [0.1, 0.15) is 39.2 Å². The maximum Gasteiger partial charge on any atom is 0.191 e. The van der Waals surface area contributed by atoms with Crippen LogP contribution in [0.25, 0.3) is 0 Å². The van der Waals surface area contributed by atoms with Crippen molar-refractivity contribution >= 4 is 22.4 Å². The van der Waals surface area contributed by atoms with Crippen LogP contribution < -0.4 is 15.5 Å². The smallest absolute Gasteiger partial charge is 0.191 e. The molecule has 2 unspecified atom stereocenters. The van der Waals surface area contributed by atoms with E-state index >= 15 is 0 Å². The Morgan fingerprint density at radius 3 is 2.78 bits per heavy atom. The van der Waals surface area contributed by atoms with E-state index in [1.807, 2.05) is 33.8 Å². The number of hydrogen-bond donors (Lipinski definition) is 2. The molecule has 7 heteroatoms.